The number of carbonyl (C=O) groups is 2. The molecule has 0 radical (unpaired) electrons. The minimum absolute atomic E-state index is 0.0429. The highest BCUT2D eigenvalue weighted by molar-refractivity contribution is 5.80. The van der Waals surface area contributed by atoms with E-state index in [0.29, 0.717) is 6.54 Å². The third kappa shape index (κ3) is 5.12. The first-order chi connectivity index (χ1) is 8.90. The third-order valence-electron chi connectivity index (χ3n) is 3.10. The van der Waals surface area contributed by atoms with Gasteiger partial charge in [-0.1, -0.05) is 17.7 Å². The Hall–Kier alpha value is -1.84. The van der Waals surface area contributed by atoms with Gasteiger partial charge in [-0.25, -0.2) is 0 Å². The van der Waals surface area contributed by atoms with Gasteiger partial charge in [-0.05, 0) is 43.9 Å². The van der Waals surface area contributed by atoms with E-state index in [-0.39, 0.29) is 18.7 Å². The quantitative estimate of drug-likeness (QED) is 0.826. The predicted molar refractivity (Wildman–Crippen MR) is 74.2 cm³/mol. The lowest BCUT2D eigenvalue weighted by atomic mass is 9.97. The molecule has 1 aromatic carbocycles. The Morgan fingerprint density at radius 2 is 1.68 bits per heavy atom. The normalized spacial score (nSPS) is 10.3. The van der Waals surface area contributed by atoms with Crippen molar-refractivity contribution < 1.29 is 14.7 Å². The SMILES string of the molecule is Cc1cc(C)c(CCNC(=O)CCC(=O)O)c(C)c1. The maximum absolute atomic E-state index is 11.4. The highest BCUT2D eigenvalue weighted by Crippen LogP contribution is 2.16. The van der Waals surface area contributed by atoms with E-state index in [4.69, 9.17) is 5.11 Å². The van der Waals surface area contributed by atoms with E-state index in [1.165, 1.54) is 22.3 Å². The fourth-order valence-electron chi connectivity index (χ4n) is 2.24. The second kappa shape index (κ2) is 6.92. The summed E-state index contributed by atoms with van der Waals surface area (Å²) in [6, 6.07) is 4.27. The van der Waals surface area contributed by atoms with Crippen LogP contribution in [0.25, 0.3) is 0 Å². The molecule has 2 N–H and O–H groups in total. The molecule has 0 atom stereocenters. The van der Waals surface area contributed by atoms with Gasteiger partial charge in [-0.3, -0.25) is 9.59 Å². The number of benzene rings is 1. The molecule has 4 heteroatoms. The zero-order chi connectivity index (χ0) is 14.4. The molecule has 0 aromatic heterocycles. The first-order valence-electron chi connectivity index (χ1n) is 6.45. The van der Waals surface area contributed by atoms with Gasteiger partial charge < -0.3 is 10.4 Å². The van der Waals surface area contributed by atoms with Gasteiger partial charge in [-0.2, -0.15) is 0 Å². The summed E-state index contributed by atoms with van der Waals surface area (Å²) in [7, 11) is 0. The Balaban J connectivity index is 2.45. The molecule has 0 aliphatic rings. The van der Waals surface area contributed by atoms with E-state index in [1.54, 1.807) is 0 Å². The van der Waals surface area contributed by atoms with Crippen molar-refractivity contribution in [2.75, 3.05) is 6.54 Å². The van der Waals surface area contributed by atoms with Gasteiger partial charge in [-0.15, -0.1) is 0 Å². The fourth-order valence-corrected chi connectivity index (χ4v) is 2.24. The number of carbonyl (C=O) groups excluding carboxylic acids is 1. The van der Waals surface area contributed by atoms with Gasteiger partial charge in [0.25, 0.3) is 0 Å². The van der Waals surface area contributed by atoms with Crippen molar-refractivity contribution in [2.24, 2.45) is 0 Å². The highest BCUT2D eigenvalue weighted by Gasteiger charge is 2.07. The number of carboxylic acids is 1. The lowest BCUT2D eigenvalue weighted by Gasteiger charge is -2.11. The summed E-state index contributed by atoms with van der Waals surface area (Å²) in [5.74, 6) is -1.15. The smallest absolute Gasteiger partial charge is 0.303 e. The summed E-state index contributed by atoms with van der Waals surface area (Å²) in [4.78, 5) is 21.7. The van der Waals surface area contributed by atoms with Crippen LogP contribution >= 0.6 is 0 Å². The molecule has 1 amide bonds. The number of aliphatic carboxylic acids is 1. The van der Waals surface area contributed by atoms with Gasteiger partial charge >= 0.3 is 5.97 Å². The van der Waals surface area contributed by atoms with Crippen molar-refractivity contribution in [3.05, 3.63) is 34.4 Å². The zero-order valence-corrected chi connectivity index (χ0v) is 11.7. The molecule has 104 valence electrons. The number of nitrogens with one attached hydrogen (secondary N) is 1. The second-order valence-corrected chi connectivity index (χ2v) is 4.87. The van der Waals surface area contributed by atoms with Crippen LogP contribution in [-0.2, 0) is 16.0 Å². The van der Waals surface area contributed by atoms with Crippen molar-refractivity contribution in [2.45, 2.75) is 40.0 Å². The van der Waals surface area contributed by atoms with Gasteiger partial charge in [0, 0.05) is 13.0 Å². The Morgan fingerprint density at radius 3 is 2.21 bits per heavy atom. The molecule has 1 aromatic rings. The maximum atomic E-state index is 11.4. The van der Waals surface area contributed by atoms with E-state index in [2.05, 4.69) is 38.2 Å². The third-order valence-corrected chi connectivity index (χ3v) is 3.10. The number of aryl methyl sites for hydroxylation is 3. The predicted octanol–water partition coefficient (Wildman–Crippen LogP) is 2.14. The average Bonchev–Trinajstić information content (AvgIpc) is 2.29. The lowest BCUT2D eigenvalue weighted by molar-refractivity contribution is -0.138. The fraction of sp³-hybridized carbons (Fsp3) is 0.467. The highest BCUT2D eigenvalue weighted by atomic mass is 16.4. The number of hydrogen-bond acceptors (Lipinski definition) is 2. The largest absolute Gasteiger partial charge is 0.481 e. The molecule has 0 saturated carbocycles. The zero-order valence-electron chi connectivity index (χ0n) is 11.7. The molecule has 0 bridgehead atoms. The molecule has 19 heavy (non-hydrogen) atoms. The van der Waals surface area contributed by atoms with Gasteiger partial charge in [0.2, 0.25) is 5.91 Å². The lowest BCUT2D eigenvalue weighted by Crippen LogP contribution is -2.26. The maximum Gasteiger partial charge on any atom is 0.303 e. The minimum atomic E-state index is -0.944. The van der Waals surface area contributed by atoms with Crippen LogP contribution in [0.15, 0.2) is 12.1 Å². The van der Waals surface area contributed by atoms with Crippen molar-refractivity contribution in [1.82, 2.24) is 5.32 Å². The first kappa shape index (κ1) is 15.2. The van der Waals surface area contributed by atoms with Gasteiger partial charge in [0.15, 0.2) is 0 Å². The van der Waals surface area contributed by atoms with E-state index >= 15 is 0 Å². The molecule has 0 spiro atoms. The Morgan fingerprint density at radius 1 is 1.11 bits per heavy atom. The molecule has 0 saturated heterocycles. The Kier molecular flexibility index (Phi) is 5.55. The Bertz CT molecular complexity index is 457. The van der Waals surface area contributed by atoms with Gasteiger partial charge in [0.05, 0.1) is 6.42 Å². The molecule has 0 unspecified atom stereocenters. The van der Waals surface area contributed by atoms with E-state index in [9.17, 15) is 9.59 Å². The minimum Gasteiger partial charge on any atom is -0.481 e. The van der Waals surface area contributed by atoms with E-state index in [0.717, 1.165) is 6.42 Å². The molecular formula is C15H21NO3. The van der Waals surface area contributed by atoms with Crippen LogP contribution in [0, 0.1) is 20.8 Å². The van der Waals surface area contributed by atoms with E-state index in [1.807, 2.05) is 0 Å². The molecule has 0 aliphatic heterocycles. The summed E-state index contributed by atoms with van der Waals surface area (Å²) < 4.78 is 0. The molecule has 0 heterocycles. The summed E-state index contributed by atoms with van der Waals surface area (Å²) in [5, 5.41) is 11.2. The van der Waals surface area contributed by atoms with Crippen LogP contribution < -0.4 is 5.32 Å². The number of amides is 1. The molecule has 4 nitrogen and oxygen atoms in total. The molecular weight excluding hydrogens is 242 g/mol. The number of rotatable bonds is 6. The van der Waals surface area contributed by atoms with Crippen molar-refractivity contribution in [3.63, 3.8) is 0 Å². The van der Waals surface area contributed by atoms with E-state index < -0.39 is 5.97 Å². The van der Waals surface area contributed by atoms with Gasteiger partial charge in [0.1, 0.15) is 0 Å². The summed E-state index contributed by atoms with van der Waals surface area (Å²) in [6.45, 7) is 6.75. The Labute approximate surface area is 113 Å². The first-order valence-corrected chi connectivity index (χ1v) is 6.45. The number of carboxylic acid groups (broad SMARTS) is 1. The molecule has 0 aliphatic carbocycles. The van der Waals surface area contributed by atoms with Crippen LogP contribution in [0.3, 0.4) is 0 Å². The van der Waals surface area contributed by atoms with Crippen LogP contribution in [-0.4, -0.2) is 23.5 Å². The average molecular weight is 263 g/mol. The standard InChI is InChI=1S/C15H21NO3/c1-10-8-11(2)13(12(3)9-10)6-7-16-14(17)4-5-15(18)19/h8-9H,4-7H2,1-3H3,(H,16,17)(H,18,19). The summed E-state index contributed by atoms with van der Waals surface area (Å²) in [5.41, 5.74) is 4.96. The van der Waals surface area contributed by atoms with Crippen LogP contribution in [0.4, 0.5) is 0 Å². The van der Waals surface area contributed by atoms with Crippen molar-refractivity contribution in [3.8, 4) is 0 Å². The van der Waals surface area contributed by atoms with Crippen molar-refractivity contribution in [1.29, 1.82) is 0 Å². The number of hydrogen-bond donors (Lipinski definition) is 2. The van der Waals surface area contributed by atoms with Crippen LogP contribution in [0.1, 0.15) is 35.1 Å². The molecule has 1 rings (SSSR count). The molecule has 0 fully saturated rings. The second-order valence-electron chi connectivity index (χ2n) is 4.87. The summed E-state index contributed by atoms with van der Waals surface area (Å²) in [6.07, 6.45) is 0.701. The van der Waals surface area contributed by atoms with Crippen LogP contribution in [0.5, 0.6) is 0 Å². The topological polar surface area (TPSA) is 66.4 Å². The van der Waals surface area contributed by atoms with Crippen LogP contribution in [0.2, 0.25) is 0 Å². The monoisotopic (exact) mass is 263 g/mol. The summed E-state index contributed by atoms with van der Waals surface area (Å²) >= 11 is 0. The van der Waals surface area contributed by atoms with Crippen molar-refractivity contribution >= 4 is 11.9 Å².